The number of hydrogen-bond donors (Lipinski definition) is 2. The van der Waals surface area contributed by atoms with E-state index < -0.39 is 15.7 Å². The third kappa shape index (κ3) is 4.59. The number of aromatic nitrogens is 1. The molecule has 3 N–H and O–H groups in total. The molecule has 0 unspecified atom stereocenters. The molecular weight excluding hydrogens is 465 g/mol. The van der Waals surface area contributed by atoms with Gasteiger partial charge in [-0.05, 0) is 53.1 Å². The Morgan fingerprint density at radius 1 is 1.09 bits per heavy atom. The number of nitrogens with one attached hydrogen (secondary N) is 1. The molecule has 0 saturated carbocycles. The van der Waals surface area contributed by atoms with Crippen LogP contribution in [0.4, 0.5) is 15.8 Å². The molecule has 0 atom stereocenters. The molecule has 0 radical (unpaired) electrons. The maximum Gasteiger partial charge on any atom is 0.179 e. The van der Waals surface area contributed by atoms with E-state index in [0.29, 0.717) is 46.2 Å². The summed E-state index contributed by atoms with van der Waals surface area (Å²) >= 11 is 6.07. The van der Waals surface area contributed by atoms with E-state index in [1.54, 1.807) is 30.3 Å². The lowest BCUT2D eigenvalue weighted by Crippen LogP contribution is -2.05. The van der Waals surface area contributed by atoms with E-state index in [1.165, 1.54) is 18.3 Å². The fourth-order valence-electron chi connectivity index (χ4n) is 3.50. The number of halogens is 2. The molecule has 33 heavy (non-hydrogen) atoms. The van der Waals surface area contributed by atoms with Gasteiger partial charge < -0.3 is 11.1 Å². The first-order valence-electron chi connectivity index (χ1n) is 9.84. The molecule has 0 aliphatic rings. The van der Waals surface area contributed by atoms with Crippen LogP contribution in [0.25, 0.3) is 22.0 Å². The van der Waals surface area contributed by atoms with Gasteiger partial charge in [0.2, 0.25) is 0 Å². The van der Waals surface area contributed by atoms with Crippen LogP contribution in [0.2, 0.25) is 5.02 Å². The van der Waals surface area contributed by atoms with Crippen LogP contribution >= 0.6 is 11.6 Å². The first-order valence-corrected chi connectivity index (χ1v) is 12.1. The van der Waals surface area contributed by atoms with Gasteiger partial charge in [0, 0.05) is 30.1 Å². The van der Waals surface area contributed by atoms with Crippen LogP contribution in [-0.4, -0.2) is 25.9 Å². The number of carbonyl (C=O) groups is 1. The van der Waals surface area contributed by atoms with Gasteiger partial charge in [-0.15, -0.1) is 0 Å². The number of anilines is 2. The molecule has 9 heteroatoms. The average molecular weight is 484 g/mol. The molecule has 0 aliphatic heterocycles. The van der Waals surface area contributed by atoms with E-state index in [0.717, 1.165) is 11.8 Å². The standard InChI is InChI=1S/C24H19ClFN3O3S/c1-33(31,32)23-12-28-22-7-4-15(16-9-20(25)19(13-30)21(26)10-16)8-18(22)24(23)29-17-5-2-14(11-27)3-6-17/h2-10,12-13H,11,27H2,1H3,(H,28,29). The molecule has 0 aliphatic carbocycles. The molecule has 0 saturated heterocycles. The predicted octanol–water partition coefficient (Wildman–Crippen LogP) is 5.11. The Labute approximate surface area is 195 Å². The zero-order valence-electron chi connectivity index (χ0n) is 17.5. The minimum Gasteiger partial charge on any atom is -0.354 e. The Bertz CT molecular complexity index is 1470. The van der Waals surface area contributed by atoms with E-state index in [9.17, 15) is 17.6 Å². The minimum absolute atomic E-state index is 0.0125. The molecule has 1 heterocycles. The molecule has 0 bridgehead atoms. The van der Waals surface area contributed by atoms with Crippen molar-refractivity contribution in [2.75, 3.05) is 11.6 Å². The minimum atomic E-state index is -3.62. The van der Waals surface area contributed by atoms with Crippen LogP contribution in [-0.2, 0) is 16.4 Å². The van der Waals surface area contributed by atoms with Gasteiger partial charge in [0.05, 0.1) is 21.8 Å². The summed E-state index contributed by atoms with van der Waals surface area (Å²) in [5, 5.41) is 3.70. The van der Waals surface area contributed by atoms with Gasteiger partial charge in [-0.3, -0.25) is 9.78 Å². The van der Waals surface area contributed by atoms with Crippen LogP contribution in [0.15, 0.2) is 65.7 Å². The lowest BCUT2D eigenvalue weighted by atomic mass is 10.0. The quantitative estimate of drug-likeness (QED) is 0.369. The highest BCUT2D eigenvalue weighted by molar-refractivity contribution is 7.90. The number of benzene rings is 3. The Hall–Kier alpha value is -3.33. The van der Waals surface area contributed by atoms with Gasteiger partial charge in [-0.1, -0.05) is 29.8 Å². The highest BCUT2D eigenvalue weighted by Gasteiger charge is 2.19. The second kappa shape index (κ2) is 8.90. The summed E-state index contributed by atoms with van der Waals surface area (Å²) in [5.41, 5.74) is 8.95. The second-order valence-electron chi connectivity index (χ2n) is 7.50. The number of nitrogens with two attached hydrogens (primary N) is 1. The third-order valence-corrected chi connectivity index (χ3v) is 6.64. The molecule has 3 aromatic carbocycles. The molecule has 4 rings (SSSR count). The van der Waals surface area contributed by atoms with Crippen molar-refractivity contribution in [2.45, 2.75) is 11.4 Å². The molecule has 0 amide bonds. The molecule has 6 nitrogen and oxygen atoms in total. The smallest absolute Gasteiger partial charge is 0.179 e. The van der Waals surface area contributed by atoms with Gasteiger partial charge in [-0.2, -0.15) is 0 Å². The fraction of sp³-hybridized carbons (Fsp3) is 0.0833. The molecule has 0 spiro atoms. The topological polar surface area (TPSA) is 102 Å². The van der Waals surface area contributed by atoms with Gasteiger partial charge in [0.1, 0.15) is 10.7 Å². The summed E-state index contributed by atoms with van der Waals surface area (Å²) in [5.74, 6) is -0.742. The van der Waals surface area contributed by atoms with Gasteiger partial charge in [0.25, 0.3) is 0 Å². The summed E-state index contributed by atoms with van der Waals surface area (Å²) in [7, 11) is -3.62. The maximum atomic E-state index is 14.3. The zero-order chi connectivity index (χ0) is 23.8. The lowest BCUT2D eigenvalue weighted by Gasteiger charge is -2.15. The number of pyridine rings is 1. The van der Waals surface area contributed by atoms with E-state index in [2.05, 4.69) is 10.3 Å². The van der Waals surface area contributed by atoms with Crippen molar-refractivity contribution in [2.24, 2.45) is 5.73 Å². The SMILES string of the molecule is CS(=O)(=O)c1cnc2ccc(-c3cc(F)c(C=O)c(Cl)c3)cc2c1Nc1ccc(CN)cc1. The van der Waals surface area contributed by atoms with E-state index in [-0.39, 0.29) is 15.5 Å². The second-order valence-corrected chi connectivity index (χ2v) is 9.89. The zero-order valence-corrected chi connectivity index (χ0v) is 19.0. The molecule has 168 valence electrons. The van der Waals surface area contributed by atoms with Crippen LogP contribution < -0.4 is 11.1 Å². The van der Waals surface area contributed by atoms with E-state index in [4.69, 9.17) is 17.3 Å². The van der Waals surface area contributed by atoms with Crippen LogP contribution in [0.3, 0.4) is 0 Å². The Kier molecular flexibility index (Phi) is 6.16. The number of carbonyl (C=O) groups excluding carboxylic acids is 1. The van der Waals surface area contributed by atoms with Crippen LogP contribution in [0.1, 0.15) is 15.9 Å². The Balaban J connectivity index is 1.92. The van der Waals surface area contributed by atoms with Crippen molar-refractivity contribution < 1.29 is 17.6 Å². The normalized spacial score (nSPS) is 11.5. The van der Waals surface area contributed by atoms with Crippen molar-refractivity contribution in [3.8, 4) is 11.1 Å². The first-order chi connectivity index (χ1) is 15.7. The maximum absolute atomic E-state index is 14.3. The number of nitrogens with zero attached hydrogens (tertiary/aromatic N) is 1. The van der Waals surface area contributed by atoms with Crippen molar-refractivity contribution in [1.82, 2.24) is 4.98 Å². The number of fused-ring (bicyclic) bond motifs is 1. The highest BCUT2D eigenvalue weighted by Crippen LogP contribution is 2.36. The molecule has 1 aromatic heterocycles. The number of sulfone groups is 1. The fourth-order valence-corrected chi connectivity index (χ4v) is 4.52. The van der Waals surface area contributed by atoms with Gasteiger partial charge in [-0.25, -0.2) is 12.8 Å². The summed E-state index contributed by atoms with van der Waals surface area (Å²) < 4.78 is 39.3. The van der Waals surface area contributed by atoms with Crippen molar-refractivity contribution in [1.29, 1.82) is 0 Å². The predicted molar refractivity (Wildman–Crippen MR) is 128 cm³/mol. The van der Waals surface area contributed by atoms with Gasteiger partial charge in [0.15, 0.2) is 16.1 Å². The largest absolute Gasteiger partial charge is 0.354 e. The van der Waals surface area contributed by atoms with Crippen molar-refractivity contribution >= 4 is 50.0 Å². The number of aldehydes is 1. The first kappa shape index (κ1) is 22.8. The van der Waals surface area contributed by atoms with E-state index >= 15 is 0 Å². The molecule has 0 fully saturated rings. The lowest BCUT2D eigenvalue weighted by molar-refractivity contribution is 0.112. The third-order valence-electron chi connectivity index (χ3n) is 5.22. The molecular formula is C24H19ClFN3O3S. The number of hydrogen-bond acceptors (Lipinski definition) is 6. The van der Waals surface area contributed by atoms with E-state index in [1.807, 2.05) is 12.1 Å². The number of rotatable bonds is 6. The summed E-state index contributed by atoms with van der Waals surface area (Å²) in [6, 6.07) is 15.1. The summed E-state index contributed by atoms with van der Waals surface area (Å²) in [4.78, 5) is 15.4. The van der Waals surface area contributed by atoms with Crippen LogP contribution in [0.5, 0.6) is 0 Å². The van der Waals surface area contributed by atoms with Crippen LogP contribution in [0, 0.1) is 5.82 Å². The average Bonchev–Trinajstić information content (AvgIpc) is 2.78. The summed E-state index contributed by atoms with van der Waals surface area (Å²) in [6.07, 6.45) is 2.78. The monoisotopic (exact) mass is 483 g/mol. The van der Waals surface area contributed by atoms with Crippen molar-refractivity contribution in [3.05, 3.63) is 82.8 Å². The Morgan fingerprint density at radius 3 is 2.42 bits per heavy atom. The highest BCUT2D eigenvalue weighted by atomic mass is 35.5. The van der Waals surface area contributed by atoms with Crippen molar-refractivity contribution in [3.63, 3.8) is 0 Å². The molecule has 4 aromatic rings. The van der Waals surface area contributed by atoms with Gasteiger partial charge >= 0.3 is 0 Å². The summed E-state index contributed by atoms with van der Waals surface area (Å²) in [6.45, 7) is 0.387. The Morgan fingerprint density at radius 2 is 1.82 bits per heavy atom.